The Bertz CT molecular complexity index is 681. The molecule has 1 aliphatic heterocycles. The third kappa shape index (κ3) is 2.57. The van der Waals surface area contributed by atoms with Crippen molar-refractivity contribution in [3.8, 4) is 0 Å². The van der Waals surface area contributed by atoms with Gasteiger partial charge in [0.05, 0.1) is 12.7 Å². The lowest BCUT2D eigenvalue weighted by molar-refractivity contribution is 0.0600. The first-order valence-electron chi connectivity index (χ1n) is 6.70. The number of methoxy groups -OCH3 is 2. The number of rotatable bonds is 2. The van der Waals surface area contributed by atoms with E-state index in [1.54, 1.807) is 24.9 Å². The number of thioether (sulfide) groups is 1. The van der Waals surface area contributed by atoms with Gasteiger partial charge in [-0.2, -0.15) is 0 Å². The second-order valence-electron chi connectivity index (χ2n) is 4.85. The fourth-order valence-electron chi connectivity index (χ4n) is 2.63. The van der Waals surface area contributed by atoms with Gasteiger partial charge in [-0.15, -0.1) is 11.8 Å². The Morgan fingerprint density at radius 1 is 1.14 bits per heavy atom. The number of hydrogen-bond donors (Lipinski definition) is 0. The molecule has 0 bridgehead atoms. The van der Waals surface area contributed by atoms with Crippen molar-refractivity contribution in [2.75, 3.05) is 14.2 Å². The van der Waals surface area contributed by atoms with Crippen LogP contribution in [-0.2, 0) is 15.2 Å². The van der Waals surface area contributed by atoms with E-state index in [0.717, 1.165) is 21.8 Å². The fraction of sp³-hybridized carbons (Fsp3) is 0.235. The van der Waals surface area contributed by atoms with E-state index in [0.29, 0.717) is 5.56 Å². The van der Waals surface area contributed by atoms with Gasteiger partial charge in [0.15, 0.2) is 0 Å². The molecule has 0 saturated heterocycles. The molecular formula is C17H16O3S. The highest BCUT2D eigenvalue weighted by Gasteiger charge is 2.24. The van der Waals surface area contributed by atoms with Gasteiger partial charge in [0.1, 0.15) is 6.10 Å². The SMILES string of the molecule is COC(=O)c1ccc2c(c1)C(OC)c1ccccc1CS2. The lowest BCUT2D eigenvalue weighted by atomic mass is 9.96. The summed E-state index contributed by atoms with van der Waals surface area (Å²) in [6.45, 7) is 0. The molecule has 0 N–H and O–H groups in total. The first-order chi connectivity index (χ1) is 10.2. The highest BCUT2D eigenvalue weighted by Crippen LogP contribution is 2.41. The van der Waals surface area contributed by atoms with E-state index in [1.165, 1.54) is 12.7 Å². The van der Waals surface area contributed by atoms with E-state index in [-0.39, 0.29) is 12.1 Å². The summed E-state index contributed by atoms with van der Waals surface area (Å²) in [6, 6.07) is 13.9. The Morgan fingerprint density at radius 2 is 1.95 bits per heavy atom. The normalized spacial score (nSPS) is 16.6. The second kappa shape index (κ2) is 5.92. The van der Waals surface area contributed by atoms with E-state index in [2.05, 4.69) is 12.1 Å². The quantitative estimate of drug-likeness (QED) is 0.790. The number of esters is 1. The number of fused-ring (bicyclic) bond motifs is 2. The molecule has 2 aromatic carbocycles. The standard InChI is InChI=1S/C17H16O3S/c1-19-16-13-6-4-3-5-12(13)10-21-15-8-7-11(9-14(15)16)17(18)20-2/h3-9,16H,10H2,1-2H3. The van der Waals surface area contributed by atoms with Crippen LogP contribution >= 0.6 is 11.8 Å². The van der Waals surface area contributed by atoms with Gasteiger partial charge in [-0.05, 0) is 34.9 Å². The smallest absolute Gasteiger partial charge is 0.337 e. The van der Waals surface area contributed by atoms with E-state index < -0.39 is 0 Å². The van der Waals surface area contributed by atoms with Crippen molar-refractivity contribution in [1.82, 2.24) is 0 Å². The van der Waals surface area contributed by atoms with Crippen LogP contribution in [0.2, 0.25) is 0 Å². The monoisotopic (exact) mass is 300 g/mol. The van der Waals surface area contributed by atoms with Gasteiger partial charge in [-0.3, -0.25) is 0 Å². The third-order valence-corrected chi connectivity index (χ3v) is 4.81. The maximum atomic E-state index is 11.8. The largest absolute Gasteiger partial charge is 0.465 e. The van der Waals surface area contributed by atoms with Crippen molar-refractivity contribution in [3.05, 3.63) is 64.7 Å². The Balaban J connectivity index is 2.14. The van der Waals surface area contributed by atoms with Gasteiger partial charge in [0.25, 0.3) is 0 Å². The van der Waals surface area contributed by atoms with Crippen molar-refractivity contribution in [2.24, 2.45) is 0 Å². The average molecular weight is 300 g/mol. The molecule has 0 radical (unpaired) electrons. The molecule has 0 aromatic heterocycles. The predicted octanol–water partition coefficient (Wildman–Crippen LogP) is 3.81. The van der Waals surface area contributed by atoms with E-state index >= 15 is 0 Å². The molecule has 3 rings (SSSR count). The molecule has 0 aliphatic carbocycles. The van der Waals surface area contributed by atoms with E-state index in [1.807, 2.05) is 24.3 Å². The van der Waals surface area contributed by atoms with Gasteiger partial charge in [0.2, 0.25) is 0 Å². The van der Waals surface area contributed by atoms with Gasteiger partial charge < -0.3 is 9.47 Å². The minimum atomic E-state index is -0.324. The number of ether oxygens (including phenoxy) is 2. The molecule has 0 fully saturated rings. The van der Waals surface area contributed by atoms with Crippen LogP contribution in [0.15, 0.2) is 47.4 Å². The van der Waals surface area contributed by atoms with Crippen molar-refractivity contribution >= 4 is 17.7 Å². The molecule has 1 aliphatic rings. The van der Waals surface area contributed by atoms with Crippen LogP contribution in [0.3, 0.4) is 0 Å². The average Bonchev–Trinajstić information content (AvgIpc) is 2.69. The molecule has 108 valence electrons. The summed E-state index contributed by atoms with van der Waals surface area (Å²) >= 11 is 1.77. The van der Waals surface area contributed by atoms with Crippen LogP contribution in [0.1, 0.15) is 33.2 Å². The molecule has 1 unspecified atom stereocenters. The van der Waals surface area contributed by atoms with Gasteiger partial charge in [0, 0.05) is 17.8 Å². The summed E-state index contributed by atoms with van der Waals surface area (Å²) in [6.07, 6.45) is -0.157. The summed E-state index contributed by atoms with van der Waals surface area (Å²) in [5, 5.41) is 0. The van der Waals surface area contributed by atoms with Crippen molar-refractivity contribution in [2.45, 2.75) is 16.8 Å². The topological polar surface area (TPSA) is 35.5 Å². The van der Waals surface area contributed by atoms with Crippen LogP contribution in [-0.4, -0.2) is 20.2 Å². The van der Waals surface area contributed by atoms with Crippen LogP contribution in [0.5, 0.6) is 0 Å². The zero-order valence-electron chi connectivity index (χ0n) is 12.0. The zero-order valence-corrected chi connectivity index (χ0v) is 12.8. The molecule has 0 saturated carbocycles. The first kappa shape index (κ1) is 14.2. The van der Waals surface area contributed by atoms with Crippen LogP contribution in [0, 0.1) is 0 Å². The first-order valence-corrected chi connectivity index (χ1v) is 7.69. The van der Waals surface area contributed by atoms with E-state index in [9.17, 15) is 4.79 Å². The Kier molecular flexibility index (Phi) is 3.99. The Hall–Kier alpha value is -1.78. The third-order valence-electron chi connectivity index (χ3n) is 3.67. The lowest BCUT2D eigenvalue weighted by Crippen LogP contribution is -2.08. The molecule has 0 amide bonds. The molecule has 1 atom stereocenters. The van der Waals surface area contributed by atoms with Gasteiger partial charge in [-0.25, -0.2) is 4.79 Å². The van der Waals surface area contributed by atoms with Crippen molar-refractivity contribution < 1.29 is 14.3 Å². The van der Waals surface area contributed by atoms with Crippen LogP contribution in [0.25, 0.3) is 0 Å². The van der Waals surface area contributed by atoms with Gasteiger partial charge >= 0.3 is 5.97 Å². The minimum absolute atomic E-state index is 0.157. The van der Waals surface area contributed by atoms with Crippen LogP contribution < -0.4 is 0 Å². The highest BCUT2D eigenvalue weighted by molar-refractivity contribution is 7.98. The molecule has 2 aromatic rings. The molecule has 4 heteroatoms. The minimum Gasteiger partial charge on any atom is -0.465 e. The molecule has 3 nitrogen and oxygen atoms in total. The fourth-order valence-corrected chi connectivity index (χ4v) is 3.70. The van der Waals surface area contributed by atoms with E-state index in [4.69, 9.17) is 9.47 Å². The second-order valence-corrected chi connectivity index (χ2v) is 5.86. The number of benzene rings is 2. The van der Waals surface area contributed by atoms with Crippen LogP contribution in [0.4, 0.5) is 0 Å². The summed E-state index contributed by atoms with van der Waals surface area (Å²) in [7, 11) is 3.10. The highest BCUT2D eigenvalue weighted by atomic mass is 32.2. The van der Waals surface area contributed by atoms with Gasteiger partial charge in [-0.1, -0.05) is 24.3 Å². The maximum Gasteiger partial charge on any atom is 0.337 e. The lowest BCUT2D eigenvalue weighted by Gasteiger charge is -2.18. The Morgan fingerprint density at radius 3 is 2.71 bits per heavy atom. The Labute approximate surface area is 128 Å². The van der Waals surface area contributed by atoms with Crippen molar-refractivity contribution in [3.63, 3.8) is 0 Å². The summed E-state index contributed by atoms with van der Waals surface area (Å²) in [4.78, 5) is 12.9. The zero-order chi connectivity index (χ0) is 14.8. The predicted molar refractivity (Wildman–Crippen MR) is 82.6 cm³/mol. The summed E-state index contributed by atoms with van der Waals surface area (Å²) in [5.41, 5.74) is 4.01. The number of carbonyl (C=O) groups is 1. The number of carbonyl (C=O) groups excluding carboxylic acids is 1. The van der Waals surface area contributed by atoms with Crippen molar-refractivity contribution in [1.29, 1.82) is 0 Å². The molecule has 0 spiro atoms. The summed E-state index contributed by atoms with van der Waals surface area (Å²) in [5.74, 6) is 0.579. The molecule has 21 heavy (non-hydrogen) atoms. The molecular weight excluding hydrogens is 284 g/mol. The summed E-state index contributed by atoms with van der Waals surface area (Å²) < 4.78 is 10.5. The number of hydrogen-bond acceptors (Lipinski definition) is 4. The molecule has 1 heterocycles. The maximum absolute atomic E-state index is 11.8.